The Labute approximate surface area is 95.8 Å². The van der Waals surface area contributed by atoms with Gasteiger partial charge in [-0.2, -0.15) is 0 Å². The lowest BCUT2D eigenvalue weighted by Crippen LogP contribution is -2.26. The molecule has 0 aromatic heterocycles. The van der Waals surface area contributed by atoms with Crippen molar-refractivity contribution < 1.29 is 9.13 Å². The lowest BCUT2D eigenvalue weighted by atomic mass is 10.1. The van der Waals surface area contributed by atoms with Gasteiger partial charge in [-0.05, 0) is 12.0 Å². The Hall–Kier alpha value is -0.930. The van der Waals surface area contributed by atoms with Crippen molar-refractivity contribution in [2.24, 2.45) is 5.92 Å². The Morgan fingerprint density at radius 2 is 2.12 bits per heavy atom. The quantitative estimate of drug-likeness (QED) is 0.826. The summed E-state index contributed by atoms with van der Waals surface area (Å²) in [5.41, 5.74) is 1.18. The van der Waals surface area contributed by atoms with Crippen molar-refractivity contribution in [2.75, 3.05) is 19.8 Å². The van der Waals surface area contributed by atoms with Crippen molar-refractivity contribution in [1.82, 2.24) is 5.32 Å². The first-order chi connectivity index (χ1) is 7.88. The summed E-state index contributed by atoms with van der Waals surface area (Å²) in [6, 6.07) is 10.4. The van der Waals surface area contributed by atoms with Crippen LogP contribution in [0.3, 0.4) is 0 Å². The molecule has 0 saturated carbocycles. The number of nitrogens with one attached hydrogen (secondary N) is 1. The predicted molar refractivity (Wildman–Crippen MR) is 62.0 cm³/mol. The Balaban J connectivity index is 1.65. The van der Waals surface area contributed by atoms with Gasteiger partial charge in [-0.25, -0.2) is 0 Å². The van der Waals surface area contributed by atoms with E-state index in [1.165, 1.54) is 5.56 Å². The summed E-state index contributed by atoms with van der Waals surface area (Å²) in [7, 11) is 0. The molecule has 0 spiro atoms. The molecule has 0 bridgehead atoms. The first-order valence-electron chi connectivity index (χ1n) is 5.79. The number of benzene rings is 1. The van der Waals surface area contributed by atoms with Crippen molar-refractivity contribution >= 4 is 0 Å². The molecule has 1 fully saturated rings. The lowest BCUT2D eigenvalue weighted by Gasteiger charge is -2.10. The van der Waals surface area contributed by atoms with Gasteiger partial charge in [0.1, 0.15) is 0 Å². The highest BCUT2D eigenvalue weighted by Crippen LogP contribution is 2.14. The van der Waals surface area contributed by atoms with Crippen LogP contribution in [0, 0.1) is 5.92 Å². The minimum absolute atomic E-state index is 0.185. The Morgan fingerprint density at radius 3 is 2.81 bits per heavy atom. The highest BCUT2D eigenvalue weighted by molar-refractivity contribution is 5.13. The number of ether oxygens (including phenoxy) is 1. The topological polar surface area (TPSA) is 21.3 Å². The molecule has 2 nitrogen and oxygen atoms in total. The molecule has 1 heterocycles. The zero-order valence-electron chi connectivity index (χ0n) is 9.36. The van der Waals surface area contributed by atoms with E-state index in [-0.39, 0.29) is 12.6 Å². The second-order valence-corrected chi connectivity index (χ2v) is 4.36. The molecule has 0 unspecified atom stereocenters. The van der Waals surface area contributed by atoms with E-state index in [1.54, 1.807) is 0 Å². The van der Waals surface area contributed by atoms with Crippen molar-refractivity contribution in [3.63, 3.8) is 0 Å². The molecule has 1 N–H and O–H groups in total. The van der Waals surface area contributed by atoms with E-state index < -0.39 is 0 Å². The summed E-state index contributed by atoms with van der Waals surface area (Å²) in [5.74, 6) is 0.185. The van der Waals surface area contributed by atoms with Crippen molar-refractivity contribution in [2.45, 2.75) is 19.1 Å². The second kappa shape index (κ2) is 5.97. The van der Waals surface area contributed by atoms with Gasteiger partial charge in [0.15, 0.2) is 0 Å². The Morgan fingerprint density at radius 1 is 1.31 bits per heavy atom. The third-order valence-corrected chi connectivity index (χ3v) is 2.96. The highest BCUT2D eigenvalue weighted by atomic mass is 19.1. The van der Waals surface area contributed by atoms with E-state index in [0.717, 1.165) is 13.0 Å². The molecular formula is C13H18FNO. The molecular weight excluding hydrogens is 205 g/mol. The van der Waals surface area contributed by atoms with Gasteiger partial charge >= 0.3 is 0 Å². The maximum atomic E-state index is 12.4. The second-order valence-electron chi connectivity index (χ2n) is 4.36. The predicted octanol–water partition coefficient (Wildman–Crippen LogP) is 2.15. The van der Waals surface area contributed by atoms with Gasteiger partial charge in [-0.1, -0.05) is 30.3 Å². The first-order valence-corrected chi connectivity index (χ1v) is 5.79. The smallest absolute Gasteiger partial charge is 0.0935 e. The zero-order valence-corrected chi connectivity index (χ0v) is 9.36. The van der Waals surface area contributed by atoms with Crippen LogP contribution in [0.15, 0.2) is 30.3 Å². The van der Waals surface area contributed by atoms with Crippen LogP contribution < -0.4 is 5.32 Å². The third-order valence-electron chi connectivity index (χ3n) is 2.96. The minimum Gasteiger partial charge on any atom is -0.375 e. The summed E-state index contributed by atoms with van der Waals surface area (Å²) in [4.78, 5) is 0. The van der Waals surface area contributed by atoms with Crippen molar-refractivity contribution in [1.29, 1.82) is 0 Å². The summed E-state index contributed by atoms with van der Waals surface area (Å²) >= 11 is 0. The molecule has 3 heteroatoms. The zero-order chi connectivity index (χ0) is 11.2. The van der Waals surface area contributed by atoms with Crippen molar-refractivity contribution in [3.05, 3.63) is 35.9 Å². The average molecular weight is 223 g/mol. The van der Waals surface area contributed by atoms with E-state index in [1.807, 2.05) is 30.3 Å². The van der Waals surface area contributed by atoms with E-state index in [9.17, 15) is 4.39 Å². The maximum absolute atomic E-state index is 12.4. The SMILES string of the molecule is FC[C@@H]1CN[C@H](COCc2ccccc2)C1. The van der Waals surface area contributed by atoms with Crippen LogP contribution in [0.4, 0.5) is 4.39 Å². The van der Waals surface area contributed by atoms with Gasteiger partial charge in [0.2, 0.25) is 0 Å². The largest absolute Gasteiger partial charge is 0.375 e. The third kappa shape index (κ3) is 3.29. The fourth-order valence-corrected chi connectivity index (χ4v) is 2.04. The van der Waals surface area contributed by atoms with Crippen molar-refractivity contribution in [3.8, 4) is 0 Å². The monoisotopic (exact) mass is 223 g/mol. The summed E-state index contributed by atoms with van der Waals surface area (Å²) < 4.78 is 18.0. The van der Waals surface area contributed by atoms with Crippen LogP contribution in [0.25, 0.3) is 0 Å². The van der Waals surface area contributed by atoms with E-state index in [4.69, 9.17) is 4.74 Å². The van der Waals surface area contributed by atoms with Crippen LogP contribution in [-0.2, 0) is 11.3 Å². The number of halogens is 1. The molecule has 2 rings (SSSR count). The van der Waals surface area contributed by atoms with E-state index in [2.05, 4.69) is 5.32 Å². The molecule has 0 amide bonds. The van der Waals surface area contributed by atoms with Crippen LogP contribution in [0.1, 0.15) is 12.0 Å². The lowest BCUT2D eigenvalue weighted by molar-refractivity contribution is 0.102. The molecule has 1 aromatic rings. The van der Waals surface area contributed by atoms with Gasteiger partial charge in [0, 0.05) is 18.5 Å². The number of rotatable bonds is 5. The molecule has 1 aromatic carbocycles. The summed E-state index contributed by atoms with van der Waals surface area (Å²) in [6.45, 7) is 1.88. The molecule has 16 heavy (non-hydrogen) atoms. The Bertz CT molecular complexity index is 304. The van der Waals surface area contributed by atoms with Gasteiger partial charge in [-0.3, -0.25) is 4.39 Å². The fourth-order valence-electron chi connectivity index (χ4n) is 2.04. The van der Waals surface area contributed by atoms with Crippen LogP contribution in [0.2, 0.25) is 0 Å². The number of hydrogen-bond donors (Lipinski definition) is 1. The van der Waals surface area contributed by atoms with Gasteiger partial charge in [0.25, 0.3) is 0 Å². The van der Waals surface area contributed by atoms with Gasteiger partial charge < -0.3 is 10.1 Å². The van der Waals surface area contributed by atoms with Crippen LogP contribution >= 0.6 is 0 Å². The molecule has 1 aliphatic rings. The maximum Gasteiger partial charge on any atom is 0.0935 e. The summed E-state index contributed by atoms with van der Waals surface area (Å²) in [5, 5.41) is 3.28. The number of alkyl halides is 1. The Kier molecular flexibility index (Phi) is 4.31. The normalized spacial score (nSPS) is 24.8. The molecule has 1 aliphatic heterocycles. The molecule has 1 saturated heterocycles. The minimum atomic E-state index is -0.220. The van der Waals surface area contributed by atoms with Gasteiger partial charge in [-0.15, -0.1) is 0 Å². The highest BCUT2D eigenvalue weighted by Gasteiger charge is 2.23. The number of hydrogen-bond acceptors (Lipinski definition) is 2. The van der Waals surface area contributed by atoms with Crippen LogP contribution in [-0.4, -0.2) is 25.9 Å². The molecule has 0 aliphatic carbocycles. The standard InChI is InChI=1S/C13H18FNO/c14-7-12-6-13(15-8-12)10-16-9-11-4-2-1-3-5-11/h1-5,12-13,15H,6-10H2/t12-,13+/m1/s1. The van der Waals surface area contributed by atoms with Gasteiger partial charge in [0.05, 0.1) is 19.9 Å². The molecule has 2 atom stereocenters. The molecule has 0 radical (unpaired) electrons. The first kappa shape index (κ1) is 11.6. The van der Waals surface area contributed by atoms with E-state index >= 15 is 0 Å². The van der Waals surface area contributed by atoms with E-state index in [0.29, 0.717) is 19.3 Å². The fraction of sp³-hybridized carbons (Fsp3) is 0.538. The van der Waals surface area contributed by atoms with Crippen LogP contribution in [0.5, 0.6) is 0 Å². The average Bonchev–Trinajstić information content (AvgIpc) is 2.78. The summed E-state index contributed by atoms with van der Waals surface area (Å²) in [6.07, 6.45) is 0.894. The molecule has 88 valence electrons.